The van der Waals surface area contributed by atoms with E-state index in [9.17, 15) is 9.90 Å². The number of benzene rings is 2. The van der Waals surface area contributed by atoms with Gasteiger partial charge in [0.05, 0.1) is 23.7 Å². The highest BCUT2D eigenvalue weighted by Crippen LogP contribution is 2.41. The van der Waals surface area contributed by atoms with Gasteiger partial charge in [0.2, 0.25) is 0 Å². The number of aromatic nitrogens is 4. The van der Waals surface area contributed by atoms with E-state index in [1.807, 2.05) is 37.6 Å². The molecule has 0 aliphatic carbocycles. The van der Waals surface area contributed by atoms with Crippen molar-refractivity contribution in [1.29, 1.82) is 0 Å². The maximum absolute atomic E-state index is 13.1. The topological polar surface area (TPSA) is 72.9 Å². The molecule has 1 N–H and O–H groups in total. The Morgan fingerprint density at radius 1 is 1.12 bits per heavy atom. The van der Waals surface area contributed by atoms with Crippen molar-refractivity contribution in [3.8, 4) is 10.6 Å². The molecule has 8 heteroatoms. The molecule has 0 fully saturated rings. The van der Waals surface area contributed by atoms with Gasteiger partial charge >= 0.3 is 0 Å². The van der Waals surface area contributed by atoms with E-state index >= 15 is 0 Å². The highest BCUT2D eigenvalue weighted by molar-refractivity contribution is 7.13. The van der Waals surface area contributed by atoms with Gasteiger partial charge in [0.15, 0.2) is 5.60 Å². The number of rotatable bonds is 4. The van der Waals surface area contributed by atoms with Gasteiger partial charge in [-0.25, -0.2) is 9.97 Å². The smallest absolute Gasteiger partial charge is 0.251 e. The minimum absolute atomic E-state index is 0.179. The predicted molar refractivity (Wildman–Crippen MR) is 132 cm³/mol. The van der Waals surface area contributed by atoms with Crippen LogP contribution in [0.15, 0.2) is 71.2 Å². The van der Waals surface area contributed by atoms with Gasteiger partial charge in [-0.1, -0.05) is 41.9 Å². The summed E-state index contributed by atoms with van der Waals surface area (Å²) in [6.07, 6.45) is 3.28. The average Bonchev–Trinajstić information content (AvgIpc) is 3.44. The van der Waals surface area contributed by atoms with Crippen LogP contribution in [0, 0.1) is 6.92 Å². The molecular weight excluding hydrogens is 456 g/mol. The zero-order chi connectivity index (χ0) is 23.3. The quantitative estimate of drug-likeness (QED) is 0.410. The molecule has 33 heavy (non-hydrogen) atoms. The highest BCUT2D eigenvalue weighted by Gasteiger charge is 2.38. The summed E-state index contributed by atoms with van der Waals surface area (Å²) in [4.78, 5) is 21.9. The van der Waals surface area contributed by atoms with Crippen molar-refractivity contribution in [2.45, 2.75) is 12.5 Å². The molecule has 0 saturated carbocycles. The Bertz CT molecular complexity index is 1550. The van der Waals surface area contributed by atoms with E-state index in [0.717, 1.165) is 21.7 Å². The van der Waals surface area contributed by atoms with E-state index in [1.165, 1.54) is 11.3 Å². The first-order valence-corrected chi connectivity index (χ1v) is 11.6. The number of pyridine rings is 1. The number of halogens is 1. The highest BCUT2D eigenvalue weighted by atomic mass is 35.5. The van der Waals surface area contributed by atoms with E-state index in [-0.39, 0.29) is 5.56 Å². The number of para-hydroxylation sites is 1. The molecule has 3 aromatic heterocycles. The van der Waals surface area contributed by atoms with Crippen LogP contribution in [0.1, 0.15) is 22.5 Å². The Morgan fingerprint density at radius 2 is 1.88 bits per heavy atom. The minimum atomic E-state index is -1.59. The summed E-state index contributed by atoms with van der Waals surface area (Å²) >= 11 is 7.64. The predicted octanol–water partition coefficient (Wildman–Crippen LogP) is 4.64. The Kier molecular flexibility index (Phi) is 5.20. The van der Waals surface area contributed by atoms with E-state index < -0.39 is 5.60 Å². The van der Waals surface area contributed by atoms with Crippen LogP contribution >= 0.6 is 22.9 Å². The molecule has 1 atom stereocenters. The lowest BCUT2D eigenvalue weighted by atomic mass is 9.82. The van der Waals surface area contributed by atoms with Crippen molar-refractivity contribution in [2.24, 2.45) is 14.1 Å². The van der Waals surface area contributed by atoms with Crippen LogP contribution in [-0.4, -0.2) is 24.2 Å². The lowest BCUT2D eigenvalue weighted by Crippen LogP contribution is -2.33. The summed E-state index contributed by atoms with van der Waals surface area (Å²) in [5, 5.41) is 16.6. The van der Waals surface area contributed by atoms with Gasteiger partial charge in [-0.05, 0) is 24.6 Å². The van der Waals surface area contributed by atoms with Crippen molar-refractivity contribution < 1.29 is 5.11 Å². The number of fused-ring (bicyclic) bond motifs is 1. The van der Waals surface area contributed by atoms with Gasteiger partial charge < -0.3 is 14.2 Å². The summed E-state index contributed by atoms with van der Waals surface area (Å²) in [5.74, 6) is 0. The summed E-state index contributed by atoms with van der Waals surface area (Å²) in [6.45, 7) is 1.93. The van der Waals surface area contributed by atoms with Gasteiger partial charge in [0.25, 0.3) is 5.56 Å². The maximum atomic E-state index is 13.1. The molecule has 5 aromatic rings. The molecule has 166 valence electrons. The van der Waals surface area contributed by atoms with Crippen LogP contribution in [0.3, 0.4) is 0 Å². The van der Waals surface area contributed by atoms with E-state index in [0.29, 0.717) is 27.4 Å². The van der Waals surface area contributed by atoms with Crippen molar-refractivity contribution in [2.75, 3.05) is 0 Å². The van der Waals surface area contributed by atoms with Crippen molar-refractivity contribution in [3.05, 3.63) is 104 Å². The zero-order valence-electron chi connectivity index (χ0n) is 18.3. The Hall–Kier alpha value is -3.26. The van der Waals surface area contributed by atoms with Gasteiger partial charge in [-0.2, -0.15) is 0 Å². The SMILES string of the molecule is Cc1csc(-c2cc(=O)n(C)c3c(C(O)(c4ccc(Cl)cc4)c4cncn4C)cccc23)n1. The Balaban J connectivity index is 1.91. The summed E-state index contributed by atoms with van der Waals surface area (Å²) in [5.41, 5.74) is 2.26. The molecule has 2 aromatic carbocycles. The van der Waals surface area contributed by atoms with E-state index in [1.54, 1.807) is 59.0 Å². The molecule has 1 unspecified atom stereocenters. The first kappa shape index (κ1) is 21.6. The molecule has 6 nitrogen and oxygen atoms in total. The number of hydrogen-bond acceptors (Lipinski definition) is 5. The van der Waals surface area contributed by atoms with Crippen LogP contribution in [0.25, 0.3) is 21.5 Å². The van der Waals surface area contributed by atoms with Crippen LogP contribution in [-0.2, 0) is 19.7 Å². The fraction of sp³-hybridized carbons (Fsp3) is 0.160. The lowest BCUT2D eigenvalue weighted by molar-refractivity contribution is 0.118. The minimum Gasteiger partial charge on any atom is -0.374 e. The summed E-state index contributed by atoms with van der Waals surface area (Å²) < 4.78 is 3.35. The monoisotopic (exact) mass is 476 g/mol. The number of thiazole rings is 1. The molecule has 0 amide bonds. The molecule has 5 rings (SSSR count). The Morgan fingerprint density at radius 3 is 2.52 bits per heavy atom. The summed E-state index contributed by atoms with van der Waals surface area (Å²) in [7, 11) is 3.55. The zero-order valence-corrected chi connectivity index (χ0v) is 19.9. The van der Waals surface area contributed by atoms with Gasteiger partial charge in [-0.3, -0.25) is 4.79 Å². The van der Waals surface area contributed by atoms with E-state index in [4.69, 9.17) is 11.6 Å². The number of imidazole rings is 1. The molecule has 0 aliphatic rings. The third-order valence-electron chi connectivity index (χ3n) is 5.95. The van der Waals surface area contributed by atoms with Gasteiger partial charge in [-0.15, -0.1) is 11.3 Å². The molecule has 0 radical (unpaired) electrons. The van der Waals surface area contributed by atoms with Crippen molar-refractivity contribution in [3.63, 3.8) is 0 Å². The average molecular weight is 477 g/mol. The van der Waals surface area contributed by atoms with Crippen LogP contribution < -0.4 is 5.56 Å². The van der Waals surface area contributed by atoms with Crippen molar-refractivity contribution in [1.82, 2.24) is 19.1 Å². The number of nitrogens with zero attached hydrogens (tertiary/aromatic N) is 4. The van der Waals surface area contributed by atoms with Gasteiger partial charge in [0.1, 0.15) is 5.01 Å². The number of aryl methyl sites for hydroxylation is 3. The molecule has 0 spiro atoms. The largest absolute Gasteiger partial charge is 0.374 e. The third kappa shape index (κ3) is 3.40. The molecular formula is C25H21ClN4O2S. The second-order valence-corrected chi connectivity index (χ2v) is 9.35. The van der Waals surface area contributed by atoms with Crippen LogP contribution in [0.2, 0.25) is 5.02 Å². The van der Waals surface area contributed by atoms with Crippen molar-refractivity contribution >= 4 is 33.8 Å². The van der Waals surface area contributed by atoms with E-state index in [2.05, 4.69) is 9.97 Å². The van der Waals surface area contributed by atoms with Crippen LogP contribution in [0.5, 0.6) is 0 Å². The fourth-order valence-corrected chi connectivity index (χ4v) is 5.27. The second kappa shape index (κ2) is 7.95. The molecule has 0 bridgehead atoms. The fourth-order valence-electron chi connectivity index (χ4n) is 4.32. The lowest BCUT2D eigenvalue weighted by Gasteiger charge is -2.31. The van der Waals surface area contributed by atoms with Crippen LogP contribution in [0.4, 0.5) is 0 Å². The van der Waals surface area contributed by atoms with Gasteiger partial charge in [0, 0.05) is 52.8 Å². The second-order valence-electron chi connectivity index (χ2n) is 8.06. The standard InChI is InChI=1S/C25H21ClN4O2S/c1-15-13-33-24(28-15)19-11-22(31)30(3)23-18(19)5-4-6-20(23)25(32,21-12-27-14-29(21)2)16-7-9-17(26)10-8-16/h4-14,32H,1-3H3. The first-order chi connectivity index (χ1) is 15.8. The molecule has 0 aliphatic heterocycles. The maximum Gasteiger partial charge on any atom is 0.251 e. The molecule has 3 heterocycles. The normalized spacial score (nSPS) is 13.4. The first-order valence-electron chi connectivity index (χ1n) is 10.3. The number of hydrogen-bond donors (Lipinski definition) is 1. The molecule has 0 saturated heterocycles. The number of aliphatic hydroxyl groups is 1. The summed E-state index contributed by atoms with van der Waals surface area (Å²) in [6, 6.07) is 14.4. The Labute approximate surface area is 199 Å². The third-order valence-corrected chi connectivity index (χ3v) is 7.19.